The first kappa shape index (κ1) is 18.7. The number of nitrogens with one attached hydrogen (secondary N) is 1. The normalized spacial score (nSPS) is 24.9. The van der Waals surface area contributed by atoms with E-state index in [2.05, 4.69) is 17.8 Å². The number of hydrogen-bond acceptors (Lipinski definition) is 8. The number of rotatable bonds is 1. The maximum absolute atomic E-state index is 12.2. The van der Waals surface area contributed by atoms with E-state index in [1.165, 1.54) is 0 Å². The molecule has 29 heavy (non-hydrogen) atoms. The highest BCUT2D eigenvalue weighted by Gasteiger charge is 2.48. The fraction of sp³-hybridized carbons (Fsp3) is 0.550. The summed E-state index contributed by atoms with van der Waals surface area (Å²) in [5.41, 5.74) is 3.50. The maximum Gasteiger partial charge on any atom is 0.410 e. The number of carbonyl (C=O) groups excluding carboxylic acids is 1. The van der Waals surface area contributed by atoms with Gasteiger partial charge in [-0.25, -0.2) is 4.79 Å². The van der Waals surface area contributed by atoms with Crippen molar-refractivity contribution in [2.45, 2.75) is 51.2 Å². The van der Waals surface area contributed by atoms with Crippen LogP contribution in [0.4, 0.5) is 4.79 Å². The highest BCUT2D eigenvalue weighted by atomic mass is 16.9. The summed E-state index contributed by atoms with van der Waals surface area (Å²) >= 11 is 0. The zero-order chi connectivity index (χ0) is 20.2. The minimum atomic E-state index is -0.511. The average molecular weight is 403 g/mol. The van der Waals surface area contributed by atoms with Gasteiger partial charge in [-0.1, -0.05) is 11.7 Å². The number of fused-ring (bicyclic) bond motifs is 2. The molecule has 0 aliphatic carbocycles. The largest absolute Gasteiger partial charge is 0.479 e. The van der Waals surface area contributed by atoms with E-state index in [0.29, 0.717) is 32.7 Å². The van der Waals surface area contributed by atoms with Crippen molar-refractivity contribution in [2.24, 2.45) is 0 Å². The van der Waals surface area contributed by atoms with Crippen LogP contribution in [0.3, 0.4) is 0 Å². The first-order valence-corrected chi connectivity index (χ1v) is 9.80. The molecule has 9 heteroatoms. The summed E-state index contributed by atoms with van der Waals surface area (Å²) in [6.45, 7) is 7.68. The Morgan fingerprint density at radius 1 is 1.28 bits per heavy atom. The van der Waals surface area contributed by atoms with Crippen LogP contribution in [0.25, 0.3) is 6.08 Å². The Kier molecular flexibility index (Phi) is 4.25. The van der Waals surface area contributed by atoms with Crippen LogP contribution < -0.4 is 15.2 Å². The molecular weight excluding hydrogens is 378 g/mol. The van der Waals surface area contributed by atoms with E-state index in [1.54, 1.807) is 9.96 Å². The molecule has 156 valence electrons. The van der Waals surface area contributed by atoms with Crippen molar-refractivity contribution in [2.75, 3.05) is 19.7 Å². The van der Waals surface area contributed by atoms with Gasteiger partial charge in [0.05, 0.1) is 26.2 Å². The molecule has 1 unspecified atom stereocenters. The SMILES string of the molecule is CC(C)(C)OC(=O)N1CC2(C=Cc3cc4c(cc3O2)ON(C2CCONO2)C4)C1. The van der Waals surface area contributed by atoms with Crippen LogP contribution in [0.1, 0.15) is 38.3 Å². The van der Waals surface area contributed by atoms with Crippen molar-refractivity contribution in [3.63, 3.8) is 0 Å². The van der Waals surface area contributed by atoms with Crippen molar-refractivity contribution < 1.29 is 28.8 Å². The molecule has 1 spiro atoms. The lowest BCUT2D eigenvalue weighted by molar-refractivity contribution is -0.312. The van der Waals surface area contributed by atoms with Gasteiger partial charge in [-0.15, -0.1) is 5.06 Å². The third-order valence-electron chi connectivity index (χ3n) is 5.21. The third kappa shape index (κ3) is 3.55. The number of likely N-dealkylation sites (tertiary alicyclic amines) is 1. The Balaban J connectivity index is 1.26. The van der Waals surface area contributed by atoms with Crippen molar-refractivity contribution in [1.29, 1.82) is 0 Å². The second-order valence-corrected chi connectivity index (χ2v) is 8.79. The van der Waals surface area contributed by atoms with Gasteiger partial charge in [-0.2, -0.15) is 0 Å². The van der Waals surface area contributed by atoms with Crippen LogP contribution in [0.5, 0.6) is 11.5 Å². The fourth-order valence-corrected chi connectivity index (χ4v) is 3.81. The molecule has 1 N–H and O–H groups in total. The maximum atomic E-state index is 12.2. The van der Waals surface area contributed by atoms with Crippen LogP contribution in [0, 0.1) is 0 Å². The molecule has 0 radical (unpaired) electrons. The monoisotopic (exact) mass is 403 g/mol. The third-order valence-corrected chi connectivity index (χ3v) is 5.21. The standard InChI is InChI=1S/C20H25N3O6/c1-19(2,3)27-18(24)22-11-20(12-22)6-4-13-8-14-10-23(17-5-7-25-21-28-17)29-16(14)9-15(13)26-20/h4,6,8-9,17,21H,5,7,10-12H2,1-3H3. The summed E-state index contributed by atoms with van der Waals surface area (Å²) in [4.78, 5) is 30.2. The van der Waals surface area contributed by atoms with Gasteiger partial charge >= 0.3 is 6.09 Å². The van der Waals surface area contributed by atoms with Crippen molar-refractivity contribution >= 4 is 12.2 Å². The molecule has 1 amide bonds. The van der Waals surface area contributed by atoms with Crippen molar-refractivity contribution in [3.05, 3.63) is 29.3 Å². The zero-order valence-electron chi connectivity index (χ0n) is 16.8. The second-order valence-electron chi connectivity index (χ2n) is 8.79. The summed E-state index contributed by atoms with van der Waals surface area (Å²) in [5, 5.41) is 1.79. The Bertz CT molecular complexity index is 853. The molecule has 0 aromatic heterocycles. The number of ether oxygens (including phenoxy) is 2. The minimum absolute atomic E-state index is 0.218. The van der Waals surface area contributed by atoms with E-state index in [0.717, 1.165) is 22.6 Å². The minimum Gasteiger partial charge on any atom is -0.479 e. The number of hydrogen-bond donors (Lipinski definition) is 1. The van der Waals surface area contributed by atoms with Gasteiger partial charge in [-0.3, -0.25) is 14.6 Å². The fourth-order valence-electron chi connectivity index (χ4n) is 3.81. The van der Waals surface area contributed by atoms with Crippen LogP contribution in [0.2, 0.25) is 0 Å². The lowest BCUT2D eigenvalue weighted by atomic mass is 9.90. The number of hydroxylamine groups is 2. The van der Waals surface area contributed by atoms with Gasteiger partial charge < -0.3 is 14.3 Å². The Labute approximate surface area is 168 Å². The molecular formula is C20H25N3O6. The lowest BCUT2D eigenvalue weighted by Gasteiger charge is -2.49. The number of nitrogens with zero attached hydrogens (tertiary/aromatic N) is 2. The van der Waals surface area contributed by atoms with Gasteiger partial charge in [0.15, 0.2) is 17.6 Å². The Morgan fingerprint density at radius 3 is 2.83 bits per heavy atom. The summed E-state index contributed by atoms with van der Waals surface area (Å²) in [5.74, 6) is 1.51. The molecule has 5 rings (SSSR count). The predicted molar refractivity (Wildman–Crippen MR) is 101 cm³/mol. The molecule has 2 saturated heterocycles. The van der Waals surface area contributed by atoms with Gasteiger partial charge in [0.1, 0.15) is 11.4 Å². The molecule has 1 aromatic rings. The van der Waals surface area contributed by atoms with E-state index in [1.807, 2.05) is 32.9 Å². The van der Waals surface area contributed by atoms with E-state index in [9.17, 15) is 4.79 Å². The average Bonchev–Trinajstić information content (AvgIpc) is 3.06. The van der Waals surface area contributed by atoms with E-state index >= 15 is 0 Å². The summed E-state index contributed by atoms with van der Waals surface area (Å²) < 4.78 is 11.7. The quantitative estimate of drug-likeness (QED) is 0.766. The van der Waals surface area contributed by atoms with Crippen LogP contribution in [0.15, 0.2) is 18.2 Å². The molecule has 9 nitrogen and oxygen atoms in total. The Morgan fingerprint density at radius 2 is 2.10 bits per heavy atom. The summed E-state index contributed by atoms with van der Waals surface area (Å²) in [6, 6.07) is 3.99. The van der Waals surface area contributed by atoms with Gasteiger partial charge in [0, 0.05) is 23.6 Å². The molecule has 0 bridgehead atoms. The highest BCUT2D eigenvalue weighted by molar-refractivity contribution is 5.72. The molecule has 4 aliphatic rings. The van der Waals surface area contributed by atoms with E-state index < -0.39 is 11.2 Å². The molecule has 4 aliphatic heterocycles. The molecule has 4 heterocycles. The summed E-state index contributed by atoms with van der Waals surface area (Å²) in [7, 11) is 0. The zero-order valence-corrected chi connectivity index (χ0v) is 16.8. The first-order chi connectivity index (χ1) is 13.8. The van der Waals surface area contributed by atoms with Crippen LogP contribution >= 0.6 is 0 Å². The smallest absolute Gasteiger partial charge is 0.410 e. The first-order valence-electron chi connectivity index (χ1n) is 9.80. The second kappa shape index (κ2) is 6.60. The Hall–Kier alpha value is -2.33. The molecule has 0 saturated carbocycles. The van der Waals surface area contributed by atoms with Crippen molar-refractivity contribution in [1.82, 2.24) is 15.6 Å². The van der Waals surface area contributed by atoms with Crippen LogP contribution in [-0.2, 0) is 21.0 Å². The topological polar surface area (TPSA) is 81.7 Å². The number of amides is 1. The van der Waals surface area contributed by atoms with Gasteiger partial charge in [0.2, 0.25) is 0 Å². The van der Waals surface area contributed by atoms with E-state index in [-0.39, 0.29) is 12.3 Å². The van der Waals surface area contributed by atoms with Gasteiger partial charge in [0.25, 0.3) is 0 Å². The molecule has 1 atom stereocenters. The summed E-state index contributed by atoms with van der Waals surface area (Å²) in [6.07, 6.45) is 4.26. The van der Waals surface area contributed by atoms with Crippen molar-refractivity contribution in [3.8, 4) is 11.5 Å². The van der Waals surface area contributed by atoms with Gasteiger partial charge in [-0.05, 0) is 32.9 Å². The lowest BCUT2D eigenvalue weighted by Crippen LogP contribution is -2.66. The van der Waals surface area contributed by atoms with Crippen LogP contribution in [-0.4, -0.2) is 53.2 Å². The number of benzene rings is 1. The molecule has 1 aromatic carbocycles. The number of carbonyl (C=O) groups is 1. The molecule has 2 fully saturated rings. The highest BCUT2D eigenvalue weighted by Crippen LogP contribution is 2.42. The van der Waals surface area contributed by atoms with E-state index in [4.69, 9.17) is 24.0 Å². The predicted octanol–water partition coefficient (Wildman–Crippen LogP) is 2.37.